The third kappa shape index (κ3) is 2.63. The van der Waals surface area contributed by atoms with Gasteiger partial charge in [-0.25, -0.2) is 0 Å². The number of hydrogen-bond acceptors (Lipinski definition) is 2. The highest BCUT2D eigenvalue weighted by Gasteiger charge is 2.19. The average Bonchev–Trinajstić information content (AvgIpc) is 2.36. The van der Waals surface area contributed by atoms with Crippen LogP contribution in [-0.4, -0.2) is 19.2 Å². The van der Waals surface area contributed by atoms with Crippen LogP contribution >= 0.6 is 0 Å². The summed E-state index contributed by atoms with van der Waals surface area (Å²) in [5.41, 5.74) is 1.48. The molecule has 1 saturated heterocycles. The van der Waals surface area contributed by atoms with Gasteiger partial charge in [-0.1, -0.05) is 12.1 Å². The molecule has 0 radical (unpaired) electrons. The molecule has 1 aliphatic carbocycles. The van der Waals surface area contributed by atoms with E-state index in [0.29, 0.717) is 6.10 Å². The van der Waals surface area contributed by atoms with E-state index in [4.69, 9.17) is 4.74 Å². The molecule has 0 unspecified atom stereocenters. The fourth-order valence-corrected chi connectivity index (χ4v) is 2.65. The normalized spacial score (nSPS) is 22.1. The topological polar surface area (TPSA) is 21.3 Å². The van der Waals surface area contributed by atoms with Crippen LogP contribution in [0.15, 0.2) is 24.3 Å². The van der Waals surface area contributed by atoms with E-state index in [-0.39, 0.29) is 0 Å². The minimum absolute atomic E-state index is 0.486. The van der Waals surface area contributed by atoms with Crippen molar-refractivity contribution in [3.05, 3.63) is 29.8 Å². The second-order valence-corrected chi connectivity index (χ2v) is 5.26. The van der Waals surface area contributed by atoms with Crippen molar-refractivity contribution in [2.45, 2.75) is 44.1 Å². The number of hydrogen-bond donors (Lipinski definition) is 1. The van der Waals surface area contributed by atoms with E-state index < -0.39 is 0 Å². The SMILES string of the molecule is c1cc(C2CCNCC2)ccc1OC1CCC1. The smallest absolute Gasteiger partial charge is 0.119 e. The zero-order valence-corrected chi connectivity index (χ0v) is 10.3. The largest absolute Gasteiger partial charge is 0.490 e. The maximum absolute atomic E-state index is 5.88. The highest BCUT2D eigenvalue weighted by Crippen LogP contribution is 2.29. The predicted octanol–water partition coefficient (Wildman–Crippen LogP) is 3.08. The molecular formula is C15H21NO. The predicted molar refractivity (Wildman–Crippen MR) is 69.6 cm³/mol. The molecule has 2 fully saturated rings. The summed E-state index contributed by atoms with van der Waals surface area (Å²) in [7, 11) is 0. The lowest BCUT2D eigenvalue weighted by Crippen LogP contribution is -2.26. The highest BCUT2D eigenvalue weighted by atomic mass is 16.5. The molecule has 92 valence electrons. The quantitative estimate of drug-likeness (QED) is 0.863. The van der Waals surface area contributed by atoms with Crippen LogP contribution < -0.4 is 10.1 Å². The maximum Gasteiger partial charge on any atom is 0.119 e. The second-order valence-electron chi connectivity index (χ2n) is 5.26. The Balaban J connectivity index is 1.62. The first-order chi connectivity index (χ1) is 8.42. The molecule has 0 spiro atoms. The fraction of sp³-hybridized carbons (Fsp3) is 0.600. The van der Waals surface area contributed by atoms with Crippen LogP contribution in [0.4, 0.5) is 0 Å². The molecule has 1 N–H and O–H groups in total. The third-order valence-electron chi connectivity index (χ3n) is 4.05. The maximum atomic E-state index is 5.88. The molecule has 0 bridgehead atoms. The van der Waals surface area contributed by atoms with E-state index in [1.165, 1.54) is 37.7 Å². The summed E-state index contributed by atoms with van der Waals surface area (Å²) in [6.07, 6.45) is 6.81. The van der Waals surface area contributed by atoms with Crippen LogP contribution in [0.25, 0.3) is 0 Å². The molecule has 2 heteroatoms. The van der Waals surface area contributed by atoms with Crippen molar-refractivity contribution in [1.29, 1.82) is 0 Å². The van der Waals surface area contributed by atoms with Crippen molar-refractivity contribution < 1.29 is 4.74 Å². The Kier molecular flexibility index (Phi) is 3.32. The Bertz CT molecular complexity index is 350. The Labute approximate surface area is 103 Å². The molecule has 0 amide bonds. The molecule has 1 aromatic carbocycles. The molecule has 17 heavy (non-hydrogen) atoms. The summed E-state index contributed by atoms with van der Waals surface area (Å²) in [5, 5.41) is 3.41. The van der Waals surface area contributed by atoms with Crippen LogP contribution in [0.1, 0.15) is 43.6 Å². The van der Waals surface area contributed by atoms with Gasteiger partial charge in [0.2, 0.25) is 0 Å². The van der Waals surface area contributed by atoms with Gasteiger partial charge in [0, 0.05) is 0 Å². The number of rotatable bonds is 3. The standard InChI is InChI=1S/C15H21NO/c1-2-14(3-1)17-15-6-4-12(5-7-15)13-8-10-16-11-9-13/h4-7,13-14,16H,1-3,8-11H2. The summed E-state index contributed by atoms with van der Waals surface area (Å²) in [4.78, 5) is 0. The number of benzene rings is 1. The van der Waals surface area contributed by atoms with E-state index in [2.05, 4.69) is 29.6 Å². The van der Waals surface area contributed by atoms with E-state index in [1.54, 1.807) is 0 Å². The van der Waals surface area contributed by atoms with Gasteiger partial charge >= 0.3 is 0 Å². The summed E-state index contributed by atoms with van der Waals surface area (Å²) in [6, 6.07) is 8.80. The van der Waals surface area contributed by atoms with Crippen LogP contribution in [0.2, 0.25) is 0 Å². The van der Waals surface area contributed by atoms with E-state index >= 15 is 0 Å². The van der Waals surface area contributed by atoms with Gasteiger partial charge in [-0.15, -0.1) is 0 Å². The minimum atomic E-state index is 0.486. The first-order valence-corrected chi connectivity index (χ1v) is 6.89. The first kappa shape index (κ1) is 11.1. The van der Waals surface area contributed by atoms with Gasteiger partial charge in [0.15, 0.2) is 0 Å². The summed E-state index contributed by atoms with van der Waals surface area (Å²) < 4.78 is 5.88. The molecule has 0 atom stereocenters. The number of ether oxygens (including phenoxy) is 1. The van der Waals surface area contributed by atoms with Crippen molar-refractivity contribution in [2.24, 2.45) is 0 Å². The second kappa shape index (κ2) is 5.09. The van der Waals surface area contributed by atoms with Crippen molar-refractivity contribution in [3.63, 3.8) is 0 Å². The monoisotopic (exact) mass is 231 g/mol. The third-order valence-corrected chi connectivity index (χ3v) is 4.05. The lowest BCUT2D eigenvalue weighted by Gasteiger charge is -2.27. The Morgan fingerprint density at radius 3 is 2.24 bits per heavy atom. The molecule has 1 aliphatic heterocycles. The number of piperidine rings is 1. The number of nitrogens with one attached hydrogen (secondary N) is 1. The zero-order valence-electron chi connectivity index (χ0n) is 10.3. The Morgan fingerprint density at radius 2 is 1.65 bits per heavy atom. The molecule has 2 nitrogen and oxygen atoms in total. The van der Waals surface area contributed by atoms with Crippen molar-refractivity contribution in [2.75, 3.05) is 13.1 Å². The van der Waals surface area contributed by atoms with Gasteiger partial charge in [-0.3, -0.25) is 0 Å². The van der Waals surface area contributed by atoms with Gasteiger partial charge in [0.25, 0.3) is 0 Å². The van der Waals surface area contributed by atoms with Crippen LogP contribution in [0.5, 0.6) is 5.75 Å². The van der Waals surface area contributed by atoms with Gasteiger partial charge in [0.1, 0.15) is 5.75 Å². The van der Waals surface area contributed by atoms with Gasteiger partial charge in [0.05, 0.1) is 6.10 Å². The summed E-state index contributed by atoms with van der Waals surface area (Å²) in [5.74, 6) is 1.79. The van der Waals surface area contributed by atoms with E-state index in [1.807, 2.05) is 0 Å². The van der Waals surface area contributed by atoms with Crippen molar-refractivity contribution in [3.8, 4) is 5.75 Å². The van der Waals surface area contributed by atoms with Crippen LogP contribution in [0.3, 0.4) is 0 Å². The molecule has 0 aromatic heterocycles. The lowest BCUT2D eigenvalue weighted by molar-refractivity contribution is 0.120. The first-order valence-electron chi connectivity index (χ1n) is 6.89. The van der Waals surface area contributed by atoms with Gasteiger partial charge in [-0.2, -0.15) is 0 Å². The fourth-order valence-electron chi connectivity index (χ4n) is 2.65. The van der Waals surface area contributed by atoms with Crippen molar-refractivity contribution >= 4 is 0 Å². The van der Waals surface area contributed by atoms with Gasteiger partial charge < -0.3 is 10.1 Å². The Morgan fingerprint density at radius 1 is 0.941 bits per heavy atom. The molecular weight excluding hydrogens is 210 g/mol. The summed E-state index contributed by atoms with van der Waals surface area (Å²) in [6.45, 7) is 2.32. The molecule has 1 aromatic rings. The zero-order chi connectivity index (χ0) is 11.5. The molecule has 1 heterocycles. The molecule has 2 aliphatic rings. The Hall–Kier alpha value is -1.02. The lowest BCUT2D eigenvalue weighted by atomic mass is 9.90. The van der Waals surface area contributed by atoms with E-state index in [0.717, 1.165) is 24.8 Å². The minimum Gasteiger partial charge on any atom is -0.490 e. The van der Waals surface area contributed by atoms with E-state index in [9.17, 15) is 0 Å². The van der Waals surface area contributed by atoms with Crippen LogP contribution in [-0.2, 0) is 0 Å². The highest BCUT2D eigenvalue weighted by molar-refractivity contribution is 5.30. The summed E-state index contributed by atoms with van der Waals surface area (Å²) >= 11 is 0. The average molecular weight is 231 g/mol. The van der Waals surface area contributed by atoms with Crippen molar-refractivity contribution in [1.82, 2.24) is 5.32 Å². The molecule has 1 saturated carbocycles. The van der Waals surface area contributed by atoms with Gasteiger partial charge in [-0.05, 0) is 68.8 Å². The molecule has 3 rings (SSSR count). The van der Waals surface area contributed by atoms with Crippen LogP contribution in [0, 0.1) is 0 Å².